The van der Waals surface area contributed by atoms with Gasteiger partial charge in [-0.05, 0) is 42.7 Å². The van der Waals surface area contributed by atoms with Crippen LogP contribution >= 0.6 is 0 Å². The van der Waals surface area contributed by atoms with E-state index in [1.54, 1.807) is 0 Å². The minimum absolute atomic E-state index is 0.0524. The highest BCUT2D eigenvalue weighted by atomic mass is 14.8. The Labute approximate surface area is 99.0 Å². The van der Waals surface area contributed by atoms with E-state index < -0.39 is 0 Å². The number of rotatable bonds is 3. The highest BCUT2D eigenvalue weighted by Crippen LogP contribution is 2.39. The normalized spacial score (nSPS) is 29.6. The van der Waals surface area contributed by atoms with E-state index in [4.69, 9.17) is 5.73 Å². The van der Waals surface area contributed by atoms with Gasteiger partial charge < -0.3 is 5.73 Å². The summed E-state index contributed by atoms with van der Waals surface area (Å²) in [4.78, 5) is 0. The summed E-state index contributed by atoms with van der Waals surface area (Å²) in [6.07, 6.45) is 5.93. The van der Waals surface area contributed by atoms with Crippen molar-refractivity contribution in [3.8, 4) is 0 Å². The van der Waals surface area contributed by atoms with E-state index in [1.807, 2.05) is 0 Å². The van der Waals surface area contributed by atoms with Crippen LogP contribution in [0.25, 0.3) is 0 Å². The van der Waals surface area contributed by atoms with Crippen molar-refractivity contribution >= 4 is 0 Å². The predicted molar refractivity (Wildman–Crippen MR) is 69.3 cm³/mol. The third kappa shape index (κ3) is 2.30. The van der Waals surface area contributed by atoms with E-state index in [2.05, 4.69) is 38.1 Å². The highest BCUT2D eigenvalue weighted by molar-refractivity contribution is 5.30. The molecule has 1 heteroatoms. The average molecular weight is 217 g/mol. The van der Waals surface area contributed by atoms with Gasteiger partial charge in [-0.15, -0.1) is 0 Å². The first-order valence-electron chi connectivity index (χ1n) is 6.52. The van der Waals surface area contributed by atoms with Crippen molar-refractivity contribution in [2.24, 2.45) is 11.7 Å². The minimum atomic E-state index is -0.0524. The van der Waals surface area contributed by atoms with Crippen LogP contribution in [0.4, 0.5) is 0 Å². The van der Waals surface area contributed by atoms with E-state index in [-0.39, 0.29) is 5.54 Å². The van der Waals surface area contributed by atoms with Gasteiger partial charge in [0.2, 0.25) is 0 Å². The van der Waals surface area contributed by atoms with Gasteiger partial charge in [-0.25, -0.2) is 0 Å². The summed E-state index contributed by atoms with van der Waals surface area (Å²) in [5.41, 5.74) is 9.27. The lowest BCUT2D eigenvalue weighted by Crippen LogP contribution is -2.33. The molecule has 1 aromatic rings. The number of nitrogens with two attached hydrogens (primary N) is 1. The van der Waals surface area contributed by atoms with Gasteiger partial charge in [-0.3, -0.25) is 0 Å². The topological polar surface area (TPSA) is 26.0 Å². The van der Waals surface area contributed by atoms with Crippen LogP contribution in [0.3, 0.4) is 0 Å². The largest absolute Gasteiger partial charge is 0.321 e. The summed E-state index contributed by atoms with van der Waals surface area (Å²) in [5.74, 6) is 0.778. The lowest BCUT2D eigenvalue weighted by molar-refractivity contribution is 0.440. The Hall–Kier alpha value is -0.820. The minimum Gasteiger partial charge on any atom is -0.321 e. The molecule has 1 aliphatic carbocycles. The zero-order chi connectivity index (χ0) is 11.6. The van der Waals surface area contributed by atoms with Crippen LogP contribution in [-0.2, 0) is 12.0 Å². The fraction of sp³-hybridized carbons (Fsp3) is 0.600. The molecule has 0 radical (unpaired) electrons. The van der Waals surface area contributed by atoms with Gasteiger partial charge in [0.25, 0.3) is 0 Å². The molecule has 1 fully saturated rings. The molecule has 88 valence electrons. The van der Waals surface area contributed by atoms with Crippen LogP contribution in [-0.4, -0.2) is 0 Å². The summed E-state index contributed by atoms with van der Waals surface area (Å²) < 4.78 is 0. The third-order valence-corrected chi connectivity index (χ3v) is 3.84. The molecular weight excluding hydrogens is 194 g/mol. The molecule has 0 amide bonds. The van der Waals surface area contributed by atoms with Crippen molar-refractivity contribution in [2.45, 2.75) is 51.5 Å². The fourth-order valence-corrected chi connectivity index (χ4v) is 2.92. The Kier molecular flexibility index (Phi) is 3.34. The zero-order valence-electron chi connectivity index (χ0n) is 10.5. The van der Waals surface area contributed by atoms with Crippen molar-refractivity contribution < 1.29 is 0 Å². The highest BCUT2D eigenvalue weighted by Gasteiger charge is 2.35. The predicted octanol–water partition coefficient (Wildman–Crippen LogP) is 3.61. The fourth-order valence-electron chi connectivity index (χ4n) is 2.92. The van der Waals surface area contributed by atoms with E-state index in [9.17, 15) is 0 Å². The van der Waals surface area contributed by atoms with Crippen molar-refractivity contribution in [1.29, 1.82) is 0 Å². The summed E-state index contributed by atoms with van der Waals surface area (Å²) in [7, 11) is 0. The van der Waals surface area contributed by atoms with Gasteiger partial charge in [0.05, 0.1) is 0 Å². The second-order valence-corrected chi connectivity index (χ2v) is 5.45. The smallest absolute Gasteiger partial charge is 0.0412 e. The molecule has 0 saturated heterocycles. The van der Waals surface area contributed by atoms with Gasteiger partial charge in [0.1, 0.15) is 0 Å². The summed E-state index contributed by atoms with van der Waals surface area (Å²) in [6.45, 7) is 4.53. The van der Waals surface area contributed by atoms with E-state index in [0.29, 0.717) is 0 Å². The molecule has 2 atom stereocenters. The van der Waals surface area contributed by atoms with E-state index in [1.165, 1.54) is 30.4 Å². The maximum absolute atomic E-state index is 6.54. The molecule has 0 spiro atoms. The van der Waals surface area contributed by atoms with Gasteiger partial charge in [-0.1, -0.05) is 44.5 Å². The molecule has 1 aliphatic rings. The second kappa shape index (κ2) is 4.58. The standard InChI is InChI=1S/C15H23N/c1-3-5-13-6-4-7-14(10-13)15(16)9-8-12(2)11-15/h4,6-7,10,12H,3,5,8-9,11,16H2,1-2H3. The molecule has 1 nitrogen and oxygen atoms in total. The zero-order valence-corrected chi connectivity index (χ0v) is 10.5. The van der Waals surface area contributed by atoms with E-state index >= 15 is 0 Å². The Bertz CT molecular complexity index is 358. The molecule has 0 aliphatic heterocycles. The number of benzene rings is 1. The summed E-state index contributed by atoms with van der Waals surface area (Å²) in [6, 6.07) is 8.91. The molecule has 16 heavy (non-hydrogen) atoms. The van der Waals surface area contributed by atoms with E-state index in [0.717, 1.165) is 18.8 Å². The maximum Gasteiger partial charge on any atom is 0.0412 e. The van der Waals surface area contributed by atoms with Crippen LogP contribution in [0, 0.1) is 5.92 Å². The molecular formula is C15H23N. The van der Waals surface area contributed by atoms with Crippen LogP contribution in [0.2, 0.25) is 0 Å². The molecule has 0 heterocycles. The van der Waals surface area contributed by atoms with Crippen molar-refractivity contribution in [3.63, 3.8) is 0 Å². The molecule has 2 rings (SSSR count). The molecule has 1 aromatic carbocycles. The molecule has 1 saturated carbocycles. The van der Waals surface area contributed by atoms with Crippen LogP contribution in [0.1, 0.15) is 50.7 Å². The van der Waals surface area contributed by atoms with Crippen LogP contribution in [0.15, 0.2) is 24.3 Å². The lowest BCUT2D eigenvalue weighted by Gasteiger charge is -2.25. The van der Waals surface area contributed by atoms with Gasteiger partial charge >= 0.3 is 0 Å². The SMILES string of the molecule is CCCc1cccc(C2(N)CCC(C)C2)c1. The van der Waals surface area contributed by atoms with Crippen molar-refractivity contribution in [2.75, 3.05) is 0 Å². The maximum atomic E-state index is 6.54. The van der Waals surface area contributed by atoms with Crippen LogP contribution in [0.5, 0.6) is 0 Å². The Morgan fingerprint density at radius 3 is 2.88 bits per heavy atom. The first-order valence-corrected chi connectivity index (χ1v) is 6.52. The molecule has 2 N–H and O–H groups in total. The summed E-state index contributed by atoms with van der Waals surface area (Å²) in [5, 5.41) is 0. The lowest BCUT2D eigenvalue weighted by atomic mass is 9.87. The first-order chi connectivity index (χ1) is 7.64. The van der Waals surface area contributed by atoms with Gasteiger partial charge in [-0.2, -0.15) is 0 Å². The first kappa shape index (κ1) is 11.7. The Balaban J connectivity index is 2.22. The monoisotopic (exact) mass is 217 g/mol. The number of hydrogen-bond acceptors (Lipinski definition) is 1. The number of aryl methyl sites for hydroxylation is 1. The Morgan fingerprint density at radius 2 is 2.25 bits per heavy atom. The molecule has 0 aromatic heterocycles. The van der Waals surface area contributed by atoms with Crippen molar-refractivity contribution in [3.05, 3.63) is 35.4 Å². The molecule has 0 bridgehead atoms. The van der Waals surface area contributed by atoms with Gasteiger partial charge in [0.15, 0.2) is 0 Å². The molecule has 2 unspecified atom stereocenters. The van der Waals surface area contributed by atoms with Crippen molar-refractivity contribution in [1.82, 2.24) is 0 Å². The second-order valence-electron chi connectivity index (χ2n) is 5.45. The third-order valence-electron chi connectivity index (χ3n) is 3.84. The number of hydrogen-bond donors (Lipinski definition) is 1. The Morgan fingerprint density at radius 1 is 1.44 bits per heavy atom. The quantitative estimate of drug-likeness (QED) is 0.822. The van der Waals surface area contributed by atoms with Gasteiger partial charge in [0, 0.05) is 5.54 Å². The van der Waals surface area contributed by atoms with Crippen LogP contribution < -0.4 is 5.73 Å². The summed E-state index contributed by atoms with van der Waals surface area (Å²) >= 11 is 0. The average Bonchev–Trinajstić information content (AvgIpc) is 2.61.